The quantitative estimate of drug-likeness (QED) is 0.633. The van der Waals surface area contributed by atoms with Crippen molar-refractivity contribution in [2.75, 3.05) is 13.1 Å². The second kappa shape index (κ2) is 2.58. The monoisotopic (exact) mass is 173 g/mol. The zero-order valence-electron chi connectivity index (χ0n) is 7.96. The number of benzene rings is 1. The van der Waals surface area contributed by atoms with Gasteiger partial charge in [0.05, 0.1) is 0 Å². The van der Waals surface area contributed by atoms with E-state index in [0.717, 1.165) is 17.8 Å². The molecule has 1 heteroatoms. The summed E-state index contributed by atoms with van der Waals surface area (Å²) in [5.41, 5.74) is 3.20. The molecule has 1 aromatic rings. The molecule has 1 fully saturated rings. The van der Waals surface area contributed by atoms with Crippen LogP contribution < -0.4 is 5.32 Å². The predicted molar refractivity (Wildman–Crippen MR) is 54.0 cm³/mol. The summed E-state index contributed by atoms with van der Waals surface area (Å²) in [7, 11) is 0. The summed E-state index contributed by atoms with van der Waals surface area (Å²) in [4.78, 5) is 0. The Kier molecular flexibility index (Phi) is 1.50. The van der Waals surface area contributed by atoms with Gasteiger partial charge in [0.1, 0.15) is 0 Å². The Morgan fingerprint density at radius 1 is 1.08 bits per heavy atom. The van der Waals surface area contributed by atoms with Crippen molar-refractivity contribution in [3.63, 3.8) is 0 Å². The molecular formula is C12H15N. The van der Waals surface area contributed by atoms with Crippen LogP contribution in [-0.4, -0.2) is 13.1 Å². The van der Waals surface area contributed by atoms with Crippen molar-refractivity contribution in [1.29, 1.82) is 0 Å². The van der Waals surface area contributed by atoms with Crippen LogP contribution in [0.5, 0.6) is 0 Å². The zero-order valence-corrected chi connectivity index (χ0v) is 7.96. The van der Waals surface area contributed by atoms with Crippen LogP contribution in [0.1, 0.15) is 29.9 Å². The van der Waals surface area contributed by atoms with E-state index in [2.05, 4.69) is 36.5 Å². The number of hydrogen-bond donors (Lipinski definition) is 1. The molecule has 1 saturated heterocycles. The van der Waals surface area contributed by atoms with Crippen LogP contribution in [0.2, 0.25) is 0 Å². The molecule has 1 heterocycles. The molecule has 1 unspecified atom stereocenters. The molecule has 3 atom stereocenters. The average Bonchev–Trinajstić information content (AvgIpc) is 2.36. The Hall–Kier alpha value is -0.820. The number of hydrogen-bond acceptors (Lipinski definition) is 1. The van der Waals surface area contributed by atoms with Gasteiger partial charge in [-0.05, 0) is 28.9 Å². The van der Waals surface area contributed by atoms with E-state index in [0.29, 0.717) is 0 Å². The molecule has 0 spiro atoms. The predicted octanol–water partition coefficient (Wildman–Crippen LogP) is 2.11. The number of rotatable bonds is 0. The maximum absolute atomic E-state index is 3.52. The first-order valence-corrected chi connectivity index (χ1v) is 5.17. The van der Waals surface area contributed by atoms with Gasteiger partial charge in [0.25, 0.3) is 0 Å². The zero-order chi connectivity index (χ0) is 8.84. The van der Waals surface area contributed by atoms with Crippen molar-refractivity contribution in [2.24, 2.45) is 5.92 Å². The molecule has 1 nitrogen and oxygen atoms in total. The van der Waals surface area contributed by atoms with E-state index in [1.54, 1.807) is 11.1 Å². The first kappa shape index (κ1) is 7.57. The summed E-state index contributed by atoms with van der Waals surface area (Å²) in [6, 6.07) is 8.96. The lowest BCUT2D eigenvalue weighted by molar-refractivity contribution is 0.339. The van der Waals surface area contributed by atoms with Gasteiger partial charge >= 0.3 is 0 Å². The van der Waals surface area contributed by atoms with Crippen LogP contribution in [0.25, 0.3) is 0 Å². The maximum Gasteiger partial charge on any atom is 0.00233 e. The highest BCUT2D eigenvalue weighted by Crippen LogP contribution is 2.47. The van der Waals surface area contributed by atoms with Crippen molar-refractivity contribution in [3.8, 4) is 0 Å². The van der Waals surface area contributed by atoms with E-state index in [1.807, 2.05) is 0 Å². The van der Waals surface area contributed by atoms with Gasteiger partial charge in [-0.1, -0.05) is 31.2 Å². The largest absolute Gasteiger partial charge is 0.315 e. The molecule has 1 aliphatic heterocycles. The van der Waals surface area contributed by atoms with E-state index >= 15 is 0 Å². The second-order valence-electron chi connectivity index (χ2n) is 4.36. The Labute approximate surface area is 79.2 Å². The summed E-state index contributed by atoms with van der Waals surface area (Å²) in [6.07, 6.45) is 0. The lowest BCUT2D eigenvalue weighted by Gasteiger charge is -2.27. The number of nitrogens with one attached hydrogen (secondary N) is 1. The maximum atomic E-state index is 3.52. The van der Waals surface area contributed by atoms with Crippen LogP contribution >= 0.6 is 0 Å². The van der Waals surface area contributed by atoms with E-state index in [9.17, 15) is 0 Å². The van der Waals surface area contributed by atoms with Gasteiger partial charge in [0.15, 0.2) is 0 Å². The second-order valence-corrected chi connectivity index (χ2v) is 4.36. The van der Waals surface area contributed by atoms with Gasteiger partial charge in [0.2, 0.25) is 0 Å². The van der Waals surface area contributed by atoms with Crippen LogP contribution in [0.3, 0.4) is 0 Å². The third-order valence-electron chi connectivity index (χ3n) is 3.79. The molecule has 1 aromatic carbocycles. The molecule has 2 aliphatic rings. The lowest BCUT2D eigenvalue weighted by atomic mass is 9.85. The lowest BCUT2D eigenvalue weighted by Crippen LogP contribution is -2.34. The number of piperidine rings is 1. The minimum Gasteiger partial charge on any atom is -0.315 e. The van der Waals surface area contributed by atoms with Crippen molar-refractivity contribution in [3.05, 3.63) is 35.4 Å². The van der Waals surface area contributed by atoms with Crippen molar-refractivity contribution < 1.29 is 0 Å². The fourth-order valence-corrected chi connectivity index (χ4v) is 3.02. The molecule has 0 radical (unpaired) electrons. The Morgan fingerprint density at radius 3 is 2.15 bits per heavy atom. The third-order valence-corrected chi connectivity index (χ3v) is 3.79. The van der Waals surface area contributed by atoms with Crippen LogP contribution in [-0.2, 0) is 0 Å². The first-order valence-electron chi connectivity index (χ1n) is 5.17. The Balaban J connectivity index is 2.17. The SMILES string of the molecule is CC1[C@@H]2CNC[C@H]1c1ccccc12. The van der Waals surface area contributed by atoms with Gasteiger partial charge in [-0.25, -0.2) is 0 Å². The summed E-state index contributed by atoms with van der Waals surface area (Å²) in [5, 5.41) is 3.52. The standard InChI is InChI=1S/C12H15N/c1-8-11-6-13-7-12(8)10-5-3-2-4-9(10)11/h2-5,8,11-13H,6-7H2,1H3/t8?,11-,12+. The Bertz CT molecular complexity index is 301. The van der Waals surface area contributed by atoms with Crippen molar-refractivity contribution in [2.45, 2.75) is 18.8 Å². The average molecular weight is 173 g/mol. The van der Waals surface area contributed by atoms with Gasteiger partial charge < -0.3 is 5.32 Å². The summed E-state index contributed by atoms with van der Waals surface area (Å²) < 4.78 is 0. The van der Waals surface area contributed by atoms with Gasteiger partial charge in [-0.2, -0.15) is 0 Å². The molecule has 2 bridgehead atoms. The summed E-state index contributed by atoms with van der Waals surface area (Å²) >= 11 is 0. The minimum absolute atomic E-state index is 0.773. The molecule has 0 amide bonds. The van der Waals surface area contributed by atoms with Crippen LogP contribution in [0.15, 0.2) is 24.3 Å². The molecule has 68 valence electrons. The van der Waals surface area contributed by atoms with Gasteiger partial charge in [-0.15, -0.1) is 0 Å². The van der Waals surface area contributed by atoms with Gasteiger partial charge in [0, 0.05) is 13.1 Å². The third kappa shape index (κ3) is 0.910. The molecule has 0 saturated carbocycles. The van der Waals surface area contributed by atoms with Crippen LogP contribution in [0, 0.1) is 5.92 Å². The summed E-state index contributed by atoms with van der Waals surface area (Å²) in [6.45, 7) is 4.75. The van der Waals surface area contributed by atoms with Gasteiger partial charge in [-0.3, -0.25) is 0 Å². The van der Waals surface area contributed by atoms with E-state index in [4.69, 9.17) is 0 Å². The normalized spacial score (nSPS) is 35.9. The van der Waals surface area contributed by atoms with E-state index < -0.39 is 0 Å². The highest BCUT2D eigenvalue weighted by molar-refractivity contribution is 5.41. The Morgan fingerprint density at radius 2 is 1.62 bits per heavy atom. The first-order chi connectivity index (χ1) is 6.38. The van der Waals surface area contributed by atoms with Crippen molar-refractivity contribution in [1.82, 2.24) is 5.32 Å². The summed E-state index contributed by atoms with van der Waals surface area (Å²) in [5.74, 6) is 2.39. The molecule has 1 aliphatic carbocycles. The van der Waals surface area contributed by atoms with E-state index in [-0.39, 0.29) is 0 Å². The fourth-order valence-electron chi connectivity index (χ4n) is 3.02. The molecule has 0 aromatic heterocycles. The molecule has 13 heavy (non-hydrogen) atoms. The van der Waals surface area contributed by atoms with Crippen molar-refractivity contribution >= 4 is 0 Å². The molecule has 3 rings (SSSR count). The molecule has 1 N–H and O–H groups in total. The fraction of sp³-hybridized carbons (Fsp3) is 0.500. The van der Waals surface area contributed by atoms with E-state index in [1.165, 1.54) is 13.1 Å². The highest BCUT2D eigenvalue weighted by atomic mass is 14.9. The van der Waals surface area contributed by atoms with Crippen LogP contribution in [0.4, 0.5) is 0 Å². The molecular weight excluding hydrogens is 158 g/mol. The minimum atomic E-state index is 0.773. The smallest absolute Gasteiger partial charge is 0.00233 e. The number of fused-ring (bicyclic) bond motifs is 5. The topological polar surface area (TPSA) is 12.0 Å². The highest BCUT2D eigenvalue weighted by Gasteiger charge is 2.39.